The van der Waals surface area contributed by atoms with E-state index in [0.29, 0.717) is 0 Å². The van der Waals surface area contributed by atoms with Gasteiger partial charge in [0.25, 0.3) is 0 Å². The summed E-state index contributed by atoms with van der Waals surface area (Å²) >= 11 is 1.82. The molecule has 1 aliphatic rings. The SMILES string of the molecule is CCCN(CCC)CCN1c2ccccc2Sc2cccnc21. The summed E-state index contributed by atoms with van der Waals surface area (Å²) in [5.41, 5.74) is 1.29. The third-order valence-electron chi connectivity index (χ3n) is 4.10. The lowest BCUT2D eigenvalue weighted by Gasteiger charge is -2.33. The Bertz CT molecular complexity index is 593. The van der Waals surface area contributed by atoms with Crippen LogP contribution in [0.15, 0.2) is 52.4 Å². The van der Waals surface area contributed by atoms with E-state index < -0.39 is 0 Å². The van der Waals surface area contributed by atoms with E-state index in [4.69, 9.17) is 0 Å². The molecule has 23 heavy (non-hydrogen) atoms. The molecule has 0 unspecified atom stereocenters. The third-order valence-corrected chi connectivity index (χ3v) is 5.21. The summed E-state index contributed by atoms with van der Waals surface area (Å²) in [6.07, 6.45) is 4.32. The molecule has 0 fully saturated rings. The highest BCUT2D eigenvalue weighted by Gasteiger charge is 2.24. The summed E-state index contributed by atoms with van der Waals surface area (Å²) < 4.78 is 0. The fourth-order valence-corrected chi connectivity index (χ4v) is 4.17. The van der Waals surface area contributed by atoms with Crippen LogP contribution in [0.2, 0.25) is 0 Å². The van der Waals surface area contributed by atoms with Crippen molar-refractivity contribution >= 4 is 23.3 Å². The minimum absolute atomic E-state index is 0.988. The van der Waals surface area contributed by atoms with Crippen LogP contribution in [0, 0.1) is 0 Å². The quantitative estimate of drug-likeness (QED) is 0.727. The molecular formula is C19H25N3S. The van der Waals surface area contributed by atoms with Crippen LogP contribution >= 0.6 is 11.8 Å². The Kier molecular flexibility index (Phi) is 5.57. The molecule has 1 aromatic carbocycles. The molecule has 3 nitrogen and oxygen atoms in total. The topological polar surface area (TPSA) is 19.4 Å². The predicted molar refractivity (Wildman–Crippen MR) is 98.8 cm³/mol. The largest absolute Gasteiger partial charge is 0.323 e. The predicted octanol–water partition coefficient (Wildman–Crippen LogP) is 4.81. The van der Waals surface area contributed by atoms with E-state index in [1.165, 1.54) is 41.4 Å². The van der Waals surface area contributed by atoms with Crippen LogP contribution < -0.4 is 4.90 Å². The second-order valence-electron chi connectivity index (χ2n) is 5.89. The van der Waals surface area contributed by atoms with Gasteiger partial charge < -0.3 is 9.80 Å². The van der Waals surface area contributed by atoms with Gasteiger partial charge >= 0.3 is 0 Å². The number of anilines is 2. The molecule has 0 saturated heterocycles. The summed E-state index contributed by atoms with van der Waals surface area (Å²) in [5.74, 6) is 1.10. The maximum atomic E-state index is 4.66. The van der Waals surface area contributed by atoms with Crippen LogP contribution in [-0.4, -0.2) is 36.1 Å². The molecule has 0 aliphatic carbocycles. The summed E-state index contributed by atoms with van der Waals surface area (Å²) in [5, 5.41) is 0. The maximum absolute atomic E-state index is 4.66. The number of aromatic nitrogens is 1. The second kappa shape index (κ2) is 7.84. The van der Waals surface area contributed by atoms with Crippen molar-refractivity contribution in [2.45, 2.75) is 36.5 Å². The minimum Gasteiger partial charge on any atom is -0.323 e. The van der Waals surface area contributed by atoms with Crippen LogP contribution in [0.25, 0.3) is 0 Å². The molecule has 0 bridgehead atoms. The van der Waals surface area contributed by atoms with Crippen molar-refractivity contribution in [1.82, 2.24) is 9.88 Å². The minimum atomic E-state index is 0.988. The van der Waals surface area contributed by atoms with E-state index >= 15 is 0 Å². The van der Waals surface area contributed by atoms with Crippen molar-refractivity contribution in [2.75, 3.05) is 31.1 Å². The molecule has 2 heterocycles. The molecule has 0 atom stereocenters. The summed E-state index contributed by atoms with van der Waals surface area (Å²) in [7, 11) is 0. The summed E-state index contributed by atoms with van der Waals surface area (Å²) in [4.78, 5) is 12.2. The van der Waals surface area contributed by atoms with Gasteiger partial charge in [-0.2, -0.15) is 0 Å². The molecular weight excluding hydrogens is 302 g/mol. The second-order valence-corrected chi connectivity index (χ2v) is 6.97. The number of fused-ring (bicyclic) bond motifs is 2. The van der Waals surface area contributed by atoms with E-state index in [0.717, 1.165) is 18.9 Å². The molecule has 1 aromatic heterocycles. The molecule has 4 heteroatoms. The molecule has 0 radical (unpaired) electrons. The van der Waals surface area contributed by atoms with Gasteiger partial charge in [0.2, 0.25) is 0 Å². The van der Waals surface area contributed by atoms with Gasteiger partial charge in [-0.25, -0.2) is 4.98 Å². The smallest absolute Gasteiger partial charge is 0.147 e. The maximum Gasteiger partial charge on any atom is 0.147 e. The lowest BCUT2D eigenvalue weighted by atomic mass is 10.2. The van der Waals surface area contributed by atoms with E-state index in [1.54, 1.807) is 0 Å². The standard InChI is InChI=1S/C19H25N3S/c1-3-12-21(13-4-2)14-15-22-16-8-5-6-9-17(16)23-18-10-7-11-20-19(18)22/h5-11H,3-4,12-15H2,1-2H3. The number of hydrogen-bond acceptors (Lipinski definition) is 4. The molecule has 1 aliphatic heterocycles. The van der Waals surface area contributed by atoms with Crippen LogP contribution in [0.4, 0.5) is 11.5 Å². The van der Waals surface area contributed by atoms with Gasteiger partial charge in [0.1, 0.15) is 5.82 Å². The average Bonchev–Trinajstić information content (AvgIpc) is 2.59. The molecule has 0 N–H and O–H groups in total. The molecule has 0 spiro atoms. The van der Waals surface area contributed by atoms with Gasteiger partial charge in [-0.05, 0) is 50.2 Å². The average molecular weight is 327 g/mol. The fraction of sp³-hybridized carbons (Fsp3) is 0.421. The highest BCUT2D eigenvalue weighted by Crippen LogP contribution is 2.46. The van der Waals surface area contributed by atoms with Crippen LogP contribution in [-0.2, 0) is 0 Å². The lowest BCUT2D eigenvalue weighted by molar-refractivity contribution is 0.281. The Hall–Kier alpha value is -1.52. The number of nitrogens with zero attached hydrogens (tertiary/aromatic N) is 3. The first kappa shape index (κ1) is 16.3. The van der Waals surface area contributed by atoms with Crippen LogP contribution in [0.5, 0.6) is 0 Å². The number of para-hydroxylation sites is 1. The van der Waals surface area contributed by atoms with Crippen molar-refractivity contribution in [3.63, 3.8) is 0 Å². The molecule has 0 saturated carbocycles. The summed E-state index contributed by atoms with van der Waals surface area (Å²) in [6, 6.07) is 12.9. The Labute approximate surface area is 143 Å². The Morgan fingerprint density at radius 2 is 1.70 bits per heavy atom. The molecule has 3 rings (SSSR count). The highest BCUT2D eigenvalue weighted by atomic mass is 32.2. The fourth-order valence-electron chi connectivity index (χ4n) is 3.10. The van der Waals surface area contributed by atoms with Crippen LogP contribution in [0.3, 0.4) is 0 Å². The van der Waals surface area contributed by atoms with Gasteiger partial charge in [0, 0.05) is 24.2 Å². The van der Waals surface area contributed by atoms with E-state index in [2.05, 4.69) is 59.0 Å². The zero-order valence-corrected chi connectivity index (χ0v) is 14.9. The summed E-state index contributed by atoms with van der Waals surface area (Å²) in [6.45, 7) is 8.93. The number of benzene rings is 1. The van der Waals surface area contributed by atoms with Crippen LogP contribution in [0.1, 0.15) is 26.7 Å². The van der Waals surface area contributed by atoms with Crippen molar-refractivity contribution < 1.29 is 0 Å². The number of rotatable bonds is 7. The normalized spacial score (nSPS) is 13.1. The molecule has 2 aromatic rings. The van der Waals surface area contributed by atoms with E-state index in [9.17, 15) is 0 Å². The molecule has 122 valence electrons. The van der Waals surface area contributed by atoms with Crippen molar-refractivity contribution in [3.05, 3.63) is 42.6 Å². The Morgan fingerprint density at radius 3 is 2.48 bits per heavy atom. The van der Waals surface area contributed by atoms with Gasteiger partial charge in [0.15, 0.2) is 0 Å². The number of pyridine rings is 1. The zero-order valence-electron chi connectivity index (χ0n) is 14.0. The zero-order chi connectivity index (χ0) is 16.1. The van der Waals surface area contributed by atoms with E-state index in [-0.39, 0.29) is 0 Å². The van der Waals surface area contributed by atoms with Gasteiger partial charge in [-0.15, -0.1) is 0 Å². The van der Waals surface area contributed by atoms with Gasteiger partial charge in [-0.3, -0.25) is 0 Å². The van der Waals surface area contributed by atoms with Gasteiger partial charge in [0.05, 0.1) is 10.6 Å². The Balaban J connectivity index is 1.83. The van der Waals surface area contributed by atoms with Crippen molar-refractivity contribution in [3.8, 4) is 0 Å². The first-order chi connectivity index (χ1) is 11.3. The number of hydrogen-bond donors (Lipinski definition) is 0. The van der Waals surface area contributed by atoms with Gasteiger partial charge in [-0.1, -0.05) is 37.7 Å². The van der Waals surface area contributed by atoms with Crippen molar-refractivity contribution in [2.24, 2.45) is 0 Å². The van der Waals surface area contributed by atoms with Crippen molar-refractivity contribution in [1.29, 1.82) is 0 Å². The monoisotopic (exact) mass is 327 g/mol. The van der Waals surface area contributed by atoms with E-state index in [1.807, 2.05) is 24.0 Å². The first-order valence-corrected chi connectivity index (χ1v) is 9.37. The lowest BCUT2D eigenvalue weighted by Crippen LogP contribution is -2.35. The first-order valence-electron chi connectivity index (χ1n) is 8.55. The highest BCUT2D eigenvalue weighted by molar-refractivity contribution is 7.99. The molecule has 0 amide bonds. The Morgan fingerprint density at radius 1 is 0.957 bits per heavy atom. The third kappa shape index (κ3) is 3.70.